The van der Waals surface area contributed by atoms with Crippen molar-refractivity contribution in [3.8, 4) is 0 Å². The van der Waals surface area contributed by atoms with Crippen molar-refractivity contribution in [2.24, 2.45) is 5.92 Å². The van der Waals surface area contributed by atoms with Crippen LogP contribution in [0.25, 0.3) is 0 Å². The van der Waals surface area contributed by atoms with Gasteiger partial charge in [-0.1, -0.05) is 56.1 Å². The topological polar surface area (TPSA) is 96.3 Å². The Morgan fingerprint density at radius 1 is 1.20 bits per heavy atom. The highest BCUT2D eigenvalue weighted by molar-refractivity contribution is 7.75. The maximum atomic E-state index is 12.8. The molecule has 0 bridgehead atoms. The van der Waals surface area contributed by atoms with Crippen LogP contribution in [0.1, 0.15) is 90.0 Å². The van der Waals surface area contributed by atoms with Crippen molar-refractivity contribution in [3.05, 3.63) is 34.9 Å². The van der Waals surface area contributed by atoms with E-state index in [2.05, 4.69) is 5.32 Å². The maximum absolute atomic E-state index is 12.8. The van der Waals surface area contributed by atoms with Crippen LogP contribution in [0.3, 0.4) is 0 Å². The zero-order valence-corrected chi connectivity index (χ0v) is 19.9. The van der Waals surface area contributed by atoms with E-state index in [1.807, 2.05) is 59.7 Å². The van der Waals surface area contributed by atoms with Gasteiger partial charge in [-0.15, -0.1) is 10.3 Å². The number of nitrogens with zero attached hydrogens (tertiary/aromatic N) is 1. The van der Waals surface area contributed by atoms with Crippen LogP contribution in [0.4, 0.5) is 0 Å². The van der Waals surface area contributed by atoms with Crippen LogP contribution in [0, 0.1) is 10.7 Å². The first-order valence-corrected chi connectivity index (χ1v) is 12.1. The van der Waals surface area contributed by atoms with Gasteiger partial charge in [-0.2, -0.15) is 10.6 Å². The summed E-state index contributed by atoms with van der Waals surface area (Å²) in [7, 11) is -1.65. The summed E-state index contributed by atoms with van der Waals surface area (Å²) in [6.45, 7) is 12.0. The molecule has 7 heteroatoms. The quantitative estimate of drug-likeness (QED) is 0.573. The average Bonchev–Trinajstić information content (AvgIpc) is 2.83. The highest BCUT2D eigenvalue weighted by atomic mass is 32.2. The van der Waals surface area contributed by atoms with Crippen molar-refractivity contribution in [1.29, 1.82) is 4.78 Å². The molecular formula is C23H37N3O3S-. The van der Waals surface area contributed by atoms with Gasteiger partial charge in [0, 0.05) is 12.6 Å². The molecule has 1 aliphatic heterocycles. The van der Waals surface area contributed by atoms with E-state index in [1.165, 1.54) is 0 Å². The lowest BCUT2D eigenvalue weighted by molar-refractivity contribution is -0.266. The van der Waals surface area contributed by atoms with E-state index in [-0.39, 0.29) is 12.0 Å². The molecule has 0 spiro atoms. The smallest absolute Gasteiger partial charge is 0.0914 e. The molecule has 169 valence electrons. The molecule has 1 aliphatic carbocycles. The Hall–Kier alpha value is -0.990. The van der Waals surface area contributed by atoms with Crippen LogP contribution in [0.15, 0.2) is 18.2 Å². The summed E-state index contributed by atoms with van der Waals surface area (Å²) >= 11 is 0. The summed E-state index contributed by atoms with van der Waals surface area (Å²) in [5.41, 5.74) is 1.56. The molecule has 2 aliphatic rings. The summed E-state index contributed by atoms with van der Waals surface area (Å²) in [5, 5.41) is 28.4. The molecule has 0 saturated heterocycles. The molecule has 1 heterocycles. The highest BCUT2D eigenvalue weighted by Gasteiger charge is 2.50. The average molecular weight is 436 g/mol. The van der Waals surface area contributed by atoms with Crippen LogP contribution in [-0.2, 0) is 31.1 Å². The summed E-state index contributed by atoms with van der Waals surface area (Å²) in [6, 6.07) is 6.01. The summed E-state index contributed by atoms with van der Waals surface area (Å²) in [4.78, 5) is 0. The lowest BCUT2D eigenvalue weighted by Crippen LogP contribution is -2.49. The summed E-state index contributed by atoms with van der Waals surface area (Å²) < 4.78 is 19.2. The van der Waals surface area contributed by atoms with Crippen molar-refractivity contribution in [2.75, 3.05) is 6.54 Å². The summed E-state index contributed by atoms with van der Waals surface area (Å²) in [5.74, 6) is 0.144. The third-order valence-electron chi connectivity index (χ3n) is 7.47. The standard InChI is InChI=1S/C23H37N3O3S/c1-21(2)16-12-11-15(13-18(16)22(3,4)26(21)28)20(27)14-25-19-10-8-7-9-17(19)23(5,6)30(24)29/h11-13,17,19-20,24-25,27H,7-10,14H2,1-6H3/q-1. The molecule has 6 nitrogen and oxygen atoms in total. The lowest BCUT2D eigenvalue weighted by Gasteiger charge is -2.45. The first-order chi connectivity index (χ1) is 13.8. The molecule has 3 N–H and O–H groups in total. The van der Waals surface area contributed by atoms with E-state index in [4.69, 9.17) is 4.78 Å². The molecule has 1 radical (unpaired) electrons. The Balaban J connectivity index is 1.76. The van der Waals surface area contributed by atoms with Gasteiger partial charge in [0.25, 0.3) is 0 Å². The van der Waals surface area contributed by atoms with Crippen LogP contribution in [-0.4, -0.2) is 27.5 Å². The number of benzene rings is 1. The molecule has 1 fully saturated rings. The molecule has 3 atom stereocenters. The van der Waals surface area contributed by atoms with E-state index in [1.54, 1.807) is 0 Å². The van der Waals surface area contributed by atoms with Gasteiger partial charge < -0.3 is 19.4 Å². The maximum Gasteiger partial charge on any atom is 0.0914 e. The third kappa shape index (κ3) is 3.95. The molecular weight excluding hydrogens is 398 g/mol. The second-order valence-electron chi connectivity index (χ2n) is 10.5. The van der Waals surface area contributed by atoms with E-state index in [0.29, 0.717) is 6.54 Å². The number of nitrogens with one attached hydrogen (secondary N) is 2. The minimum Gasteiger partial charge on any atom is -0.444 e. The molecule has 0 amide bonds. The van der Waals surface area contributed by atoms with Gasteiger partial charge >= 0.3 is 0 Å². The van der Waals surface area contributed by atoms with Crippen LogP contribution in [0.5, 0.6) is 0 Å². The van der Waals surface area contributed by atoms with Crippen molar-refractivity contribution in [3.63, 3.8) is 0 Å². The number of hydrogen-bond donors (Lipinski definition) is 3. The molecule has 1 saturated carbocycles. The molecule has 3 rings (SSSR count). The lowest BCUT2D eigenvalue weighted by atomic mass is 9.77. The molecule has 30 heavy (non-hydrogen) atoms. The number of hydroxylamine groups is 2. The predicted octanol–water partition coefficient (Wildman–Crippen LogP) is 4.50. The first-order valence-electron chi connectivity index (χ1n) is 11.0. The van der Waals surface area contributed by atoms with Gasteiger partial charge in [0.2, 0.25) is 0 Å². The van der Waals surface area contributed by atoms with E-state index < -0.39 is 32.5 Å². The summed E-state index contributed by atoms with van der Waals surface area (Å²) in [6.07, 6.45) is 3.42. The number of fused-ring (bicyclic) bond motifs is 1. The number of aliphatic hydroxyl groups excluding tert-OH is 1. The zero-order chi connectivity index (χ0) is 22.5. The molecule has 0 aromatic heterocycles. The number of rotatable bonds is 6. The number of hydrogen-bond acceptors (Lipinski definition) is 6. The van der Waals surface area contributed by atoms with Gasteiger partial charge in [-0.3, -0.25) is 0 Å². The van der Waals surface area contributed by atoms with Crippen LogP contribution >= 0.6 is 0 Å². The Morgan fingerprint density at radius 3 is 2.43 bits per heavy atom. The van der Waals surface area contributed by atoms with E-state index in [9.17, 15) is 14.5 Å². The monoisotopic (exact) mass is 435 g/mol. The Morgan fingerprint density at radius 2 is 1.80 bits per heavy atom. The van der Waals surface area contributed by atoms with E-state index in [0.717, 1.165) is 47.4 Å². The Kier molecular flexibility index (Phi) is 6.45. The van der Waals surface area contributed by atoms with E-state index >= 15 is 0 Å². The van der Waals surface area contributed by atoms with Gasteiger partial charge in [0.05, 0.1) is 17.2 Å². The largest absolute Gasteiger partial charge is 0.444 e. The Bertz CT molecular complexity index is 855. The van der Waals surface area contributed by atoms with Gasteiger partial charge in [-0.25, -0.2) is 0 Å². The first kappa shape index (κ1) is 23.7. The van der Waals surface area contributed by atoms with Crippen molar-refractivity contribution < 1.29 is 14.5 Å². The van der Waals surface area contributed by atoms with Gasteiger partial charge in [0.1, 0.15) is 0 Å². The minimum absolute atomic E-state index is 0.139. The normalized spacial score (nSPS) is 27.2. The fourth-order valence-electron chi connectivity index (χ4n) is 5.45. The second-order valence-corrected chi connectivity index (χ2v) is 12.1. The zero-order valence-electron chi connectivity index (χ0n) is 19.1. The van der Waals surface area contributed by atoms with Gasteiger partial charge in [0.15, 0.2) is 0 Å². The van der Waals surface area contributed by atoms with Crippen molar-refractivity contribution in [2.45, 2.75) is 95.2 Å². The molecule has 3 unspecified atom stereocenters. The third-order valence-corrected chi connectivity index (χ3v) is 8.73. The molecule has 1 aromatic rings. The Labute approximate surface area is 183 Å². The predicted molar refractivity (Wildman–Crippen MR) is 119 cm³/mol. The fourth-order valence-corrected chi connectivity index (χ4v) is 6.01. The second kappa shape index (κ2) is 8.17. The minimum atomic E-state index is -1.65. The number of aliphatic hydroxyl groups is 1. The highest BCUT2D eigenvalue weighted by Crippen LogP contribution is 2.48. The van der Waals surface area contributed by atoms with Gasteiger partial charge in [-0.05, 0) is 56.7 Å². The SMILES string of the molecule is CC1(C)c2ccc(C(O)CNC3CCCCC3C(C)(C)[S-](=N)=O)cc2C(C)(C)N1[O]. The molecule has 1 aromatic carbocycles. The fraction of sp³-hybridized carbons (Fsp3) is 0.739. The van der Waals surface area contributed by atoms with Crippen molar-refractivity contribution >= 4 is 10.6 Å². The van der Waals surface area contributed by atoms with Crippen molar-refractivity contribution in [1.82, 2.24) is 10.4 Å². The van der Waals surface area contributed by atoms with Crippen LogP contribution < -0.4 is 5.32 Å². The van der Waals surface area contributed by atoms with Crippen LogP contribution in [0.2, 0.25) is 0 Å².